The van der Waals surface area contributed by atoms with Crippen LogP contribution in [0, 0.1) is 0 Å². The highest BCUT2D eigenvalue weighted by Crippen LogP contribution is 2.28. The molecule has 0 heterocycles. The fourth-order valence-electron chi connectivity index (χ4n) is 3.74. The van der Waals surface area contributed by atoms with Gasteiger partial charge in [0, 0.05) is 31.3 Å². The Morgan fingerprint density at radius 2 is 1.73 bits per heavy atom. The van der Waals surface area contributed by atoms with Crippen LogP contribution in [0.4, 0.5) is 5.69 Å². The number of fused-ring (bicyclic) bond motifs is 1. The lowest BCUT2D eigenvalue weighted by Crippen LogP contribution is -2.28. The summed E-state index contributed by atoms with van der Waals surface area (Å²) in [5, 5.41) is 2.99. The first-order valence-corrected chi connectivity index (χ1v) is 11.7. The molecule has 0 atom stereocenters. The van der Waals surface area contributed by atoms with Gasteiger partial charge < -0.3 is 5.32 Å². The summed E-state index contributed by atoms with van der Waals surface area (Å²) in [6, 6.07) is 11.9. The van der Waals surface area contributed by atoms with E-state index < -0.39 is 10.0 Å². The van der Waals surface area contributed by atoms with Crippen molar-refractivity contribution in [3.63, 3.8) is 0 Å². The van der Waals surface area contributed by atoms with Crippen LogP contribution in [0.2, 0.25) is 0 Å². The lowest BCUT2D eigenvalue weighted by Gasteiger charge is -2.20. The van der Waals surface area contributed by atoms with E-state index in [-0.39, 0.29) is 29.6 Å². The van der Waals surface area contributed by atoms with Crippen molar-refractivity contribution in [2.24, 2.45) is 0 Å². The summed E-state index contributed by atoms with van der Waals surface area (Å²) in [7, 11) is -2.16. The minimum Gasteiger partial charge on any atom is -0.326 e. The molecule has 2 aromatic carbocycles. The highest BCUT2D eigenvalue weighted by Gasteiger charge is 2.21. The molecular formula is C23H28N2O4S. The first-order valence-electron chi connectivity index (χ1n) is 10.3. The van der Waals surface area contributed by atoms with Crippen LogP contribution < -0.4 is 5.32 Å². The quantitative estimate of drug-likeness (QED) is 0.648. The van der Waals surface area contributed by atoms with E-state index in [1.807, 2.05) is 12.1 Å². The van der Waals surface area contributed by atoms with E-state index in [0.717, 1.165) is 24.9 Å². The van der Waals surface area contributed by atoms with Crippen molar-refractivity contribution >= 4 is 27.4 Å². The summed E-state index contributed by atoms with van der Waals surface area (Å²) >= 11 is 0. The minimum atomic E-state index is -3.66. The van der Waals surface area contributed by atoms with Crippen molar-refractivity contribution in [1.29, 1.82) is 0 Å². The smallest absolute Gasteiger partial charge is 0.242 e. The molecule has 7 heteroatoms. The van der Waals surface area contributed by atoms with Crippen molar-refractivity contribution in [2.75, 3.05) is 18.9 Å². The van der Waals surface area contributed by atoms with Crippen LogP contribution in [0.1, 0.15) is 54.1 Å². The molecule has 3 rings (SSSR count). The Bertz CT molecular complexity index is 1030. The number of ketones is 1. The van der Waals surface area contributed by atoms with E-state index in [9.17, 15) is 18.0 Å². The minimum absolute atomic E-state index is 0.106. The van der Waals surface area contributed by atoms with Gasteiger partial charge in [-0.3, -0.25) is 9.59 Å². The SMILES string of the molecule is CC(=O)c1ccc(S(=O)(=O)N(C)CCCC(=O)Nc2cccc3c2CCCC3)cc1. The number of nitrogens with zero attached hydrogens (tertiary/aromatic N) is 1. The Labute approximate surface area is 178 Å². The summed E-state index contributed by atoms with van der Waals surface area (Å²) < 4.78 is 26.6. The maximum absolute atomic E-state index is 12.7. The van der Waals surface area contributed by atoms with Gasteiger partial charge in [-0.25, -0.2) is 12.7 Å². The van der Waals surface area contributed by atoms with Crippen molar-refractivity contribution < 1.29 is 18.0 Å². The normalized spacial score (nSPS) is 13.7. The zero-order chi connectivity index (χ0) is 21.7. The Hall–Kier alpha value is -2.51. The van der Waals surface area contributed by atoms with E-state index in [2.05, 4.69) is 11.4 Å². The van der Waals surface area contributed by atoms with Crippen LogP contribution in [-0.4, -0.2) is 38.0 Å². The lowest BCUT2D eigenvalue weighted by molar-refractivity contribution is -0.116. The van der Waals surface area contributed by atoms with E-state index in [1.54, 1.807) is 0 Å². The van der Waals surface area contributed by atoms with Gasteiger partial charge in [0.25, 0.3) is 0 Å². The van der Waals surface area contributed by atoms with E-state index >= 15 is 0 Å². The number of aryl methyl sites for hydroxylation is 1. The molecule has 2 aromatic rings. The summed E-state index contributed by atoms with van der Waals surface area (Å²) in [6.45, 7) is 1.67. The fraction of sp³-hybridized carbons (Fsp3) is 0.391. The number of hydrogen-bond acceptors (Lipinski definition) is 4. The molecule has 1 aliphatic carbocycles. The molecule has 0 unspecified atom stereocenters. The number of hydrogen-bond donors (Lipinski definition) is 1. The maximum Gasteiger partial charge on any atom is 0.242 e. The van der Waals surface area contributed by atoms with Gasteiger partial charge in [0.1, 0.15) is 0 Å². The number of rotatable bonds is 8. The zero-order valence-electron chi connectivity index (χ0n) is 17.5. The third kappa shape index (κ3) is 5.15. The van der Waals surface area contributed by atoms with Gasteiger partial charge in [-0.1, -0.05) is 24.3 Å². The molecule has 1 N–H and O–H groups in total. The predicted octanol–water partition coefficient (Wildman–Crippen LogP) is 3.81. The predicted molar refractivity (Wildman–Crippen MR) is 117 cm³/mol. The van der Waals surface area contributed by atoms with Crippen LogP contribution in [0.5, 0.6) is 0 Å². The molecule has 0 radical (unpaired) electrons. The summed E-state index contributed by atoms with van der Waals surface area (Å²) in [5.74, 6) is -0.219. The molecule has 0 fully saturated rings. The number of anilines is 1. The Kier molecular flexibility index (Phi) is 7.05. The molecule has 160 valence electrons. The molecule has 6 nitrogen and oxygen atoms in total. The standard InChI is InChI=1S/C23H28N2O4S/c1-17(26)18-12-14-20(15-13-18)30(28,29)25(2)16-6-11-23(27)24-22-10-5-8-19-7-3-4-9-21(19)22/h5,8,10,12-15H,3-4,6-7,9,11,16H2,1-2H3,(H,24,27). The monoisotopic (exact) mass is 428 g/mol. The largest absolute Gasteiger partial charge is 0.326 e. The van der Waals surface area contributed by atoms with Gasteiger partial charge in [0.15, 0.2) is 5.78 Å². The van der Waals surface area contributed by atoms with Crippen LogP contribution in [0.25, 0.3) is 0 Å². The molecule has 0 aliphatic heterocycles. The number of carbonyl (C=O) groups excluding carboxylic acids is 2. The molecular weight excluding hydrogens is 400 g/mol. The summed E-state index contributed by atoms with van der Waals surface area (Å²) in [4.78, 5) is 23.9. The second-order valence-electron chi connectivity index (χ2n) is 7.71. The van der Waals surface area contributed by atoms with Gasteiger partial charge in [0.2, 0.25) is 15.9 Å². The average molecular weight is 429 g/mol. The highest BCUT2D eigenvalue weighted by atomic mass is 32.2. The maximum atomic E-state index is 12.7. The van der Waals surface area contributed by atoms with Crippen LogP contribution >= 0.6 is 0 Å². The number of carbonyl (C=O) groups is 2. The van der Waals surface area contributed by atoms with Gasteiger partial charge in [0.05, 0.1) is 4.90 Å². The fourth-order valence-corrected chi connectivity index (χ4v) is 4.94. The van der Waals surface area contributed by atoms with E-state index in [1.165, 1.54) is 60.1 Å². The number of benzene rings is 2. The van der Waals surface area contributed by atoms with Gasteiger partial charge in [-0.05, 0) is 68.4 Å². The number of Topliss-reactive ketones (excluding diaryl/α,β-unsaturated/α-hetero) is 1. The van der Waals surface area contributed by atoms with Gasteiger partial charge in [-0.15, -0.1) is 0 Å². The topological polar surface area (TPSA) is 83.6 Å². The van der Waals surface area contributed by atoms with Crippen molar-refractivity contribution in [2.45, 2.75) is 50.3 Å². The van der Waals surface area contributed by atoms with Gasteiger partial charge >= 0.3 is 0 Å². The van der Waals surface area contributed by atoms with Crippen molar-refractivity contribution in [3.05, 3.63) is 59.2 Å². The molecule has 1 amide bonds. The van der Waals surface area contributed by atoms with E-state index in [4.69, 9.17) is 0 Å². The molecule has 0 saturated carbocycles. The Balaban J connectivity index is 1.54. The van der Waals surface area contributed by atoms with Gasteiger partial charge in [-0.2, -0.15) is 0 Å². The molecule has 30 heavy (non-hydrogen) atoms. The van der Waals surface area contributed by atoms with Crippen LogP contribution in [-0.2, 0) is 27.7 Å². The van der Waals surface area contributed by atoms with Crippen molar-refractivity contribution in [1.82, 2.24) is 4.31 Å². The van der Waals surface area contributed by atoms with Crippen LogP contribution in [0.15, 0.2) is 47.4 Å². The van der Waals surface area contributed by atoms with Crippen molar-refractivity contribution in [3.8, 4) is 0 Å². The number of sulfonamides is 1. The second-order valence-corrected chi connectivity index (χ2v) is 9.75. The second kappa shape index (κ2) is 9.53. The molecule has 0 aromatic heterocycles. The lowest BCUT2D eigenvalue weighted by atomic mass is 9.90. The third-order valence-corrected chi connectivity index (χ3v) is 7.39. The molecule has 0 saturated heterocycles. The summed E-state index contributed by atoms with van der Waals surface area (Å²) in [5.41, 5.74) is 3.88. The first kappa shape index (κ1) is 22.2. The summed E-state index contributed by atoms with van der Waals surface area (Å²) in [6.07, 6.45) is 5.01. The Morgan fingerprint density at radius 1 is 1.03 bits per heavy atom. The average Bonchev–Trinajstić information content (AvgIpc) is 2.74. The molecule has 1 aliphatic rings. The molecule has 0 bridgehead atoms. The van der Waals surface area contributed by atoms with Crippen LogP contribution in [0.3, 0.4) is 0 Å². The highest BCUT2D eigenvalue weighted by molar-refractivity contribution is 7.89. The molecule has 0 spiro atoms. The Morgan fingerprint density at radius 3 is 2.43 bits per heavy atom. The third-order valence-electron chi connectivity index (χ3n) is 5.52. The number of nitrogens with one attached hydrogen (secondary N) is 1. The van der Waals surface area contributed by atoms with E-state index in [0.29, 0.717) is 12.0 Å². The number of amides is 1. The zero-order valence-corrected chi connectivity index (χ0v) is 18.3. The first-order chi connectivity index (χ1) is 14.3.